The largest absolute Gasteiger partial charge is 0.311 e. The molecule has 0 bridgehead atoms. The summed E-state index contributed by atoms with van der Waals surface area (Å²) in [6.45, 7) is 3.33. The molecule has 0 spiro atoms. The van der Waals surface area contributed by atoms with Gasteiger partial charge in [-0.3, -0.25) is 4.79 Å². The highest BCUT2D eigenvalue weighted by molar-refractivity contribution is 7.89. The van der Waals surface area contributed by atoms with Crippen molar-refractivity contribution < 1.29 is 17.6 Å². The second kappa shape index (κ2) is 7.95. The van der Waals surface area contributed by atoms with Gasteiger partial charge in [0.1, 0.15) is 5.82 Å². The Bertz CT molecular complexity index is 870. The van der Waals surface area contributed by atoms with E-state index in [-0.39, 0.29) is 23.9 Å². The maximum absolute atomic E-state index is 12.9. The molecule has 2 rings (SSSR count). The summed E-state index contributed by atoms with van der Waals surface area (Å²) >= 11 is 6.08. The van der Waals surface area contributed by atoms with Crippen LogP contribution in [0.2, 0.25) is 5.02 Å². The minimum atomic E-state index is -3.78. The Hall–Kier alpha value is -1.96. The van der Waals surface area contributed by atoms with E-state index in [2.05, 4.69) is 4.72 Å². The summed E-state index contributed by atoms with van der Waals surface area (Å²) < 4.78 is 39.7. The predicted octanol–water partition coefficient (Wildman–Crippen LogP) is 3.12. The lowest BCUT2D eigenvalue weighted by Gasteiger charge is -2.23. The third-order valence-electron chi connectivity index (χ3n) is 3.66. The minimum absolute atomic E-state index is 0.00520. The Morgan fingerprint density at radius 3 is 2.44 bits per heavy atom. The lowest BCUT2D eigenvalue weighted by Crippen LogP contribution is -2.38. The van der Waals surface area contributed by atoms with Gasteiger partial charge >= 0.3 is 0 Å². The van der Waals surface area contributed by atoms with Crippen molar-refractivity contribution in [3.63, 3.8) is 0 Å². The highest BCUT2D eigenvalue weighted by Gasteiger charge is 2.18. The lowest BCUT2D eigenvalue weighted by atomic mass is 10.1. The van der Waals surface area contributed by atoms with Crippen LogP contribution in [-0.2, 0) is 14.8 Å². The molecule has 2 aromatic rings. The van der Waals surface area contributed by atoms with E-state index in [0.29, 0.717) is 10.7 Å². The highest BCUT2D eigenvalue weighted by atomic mass is 35.5. The summed E-state index contributed by atoms with van der Waals surface area (Å²) in [5.74, 6) is -0.746. The van der Waals surface area contributed by atoms with Crippen LogP contribution >= 0.6 is 11.6 Å². The minimum Gasteiger partial charge on any atom is -0.311 e. The van der Waals surface area contributed by atoms with Crippen molar-refractivity contribution in [1.29, 1.82) is 0 Å². The van der Waals surface area contributed by atoms with Crippen molar-refractivity contribution in [2.45, 2.75) is 18.7 Å². The molecule has 0 aliphatic heterocycles. The number of rotatable bonds is 6. The number of benzene rings is 2. The number of carbonyl (C=O) groups is 1. The molecule has 8 heteroatoms. The Morgan fingerprint density at radius 2 is 1.84 bits per heavy atom. The molecule has 0 saturated heterocycles. The molecule has 2 aromatic carbocycles. The number of hydrogen-bond acceptors (Lipinski definition) is 3. The quantitative estimate of drug-likeness (QED) is 0.832. The van der Waals surface area contributed by atoms with Crippen molar-refractivity contribution in [2.24, 2.45) is 0 Å². The molecule has 0 aromatic heterocycles. The van der Waals surface area contributed by atoms with E-state index < -0.39 is 15.8 Å². The molecule has 1 amide bonds. The second-order valence-electron chi connectivity index (χ2n) is 5.41. The Morgan fingerprint density at radius 1 is 1.20 bits per heavy atom. The van der Waals surface area contributed by atoms with Crippen LogP contribution in [0.3, 0.4) is 0 Å². The molecule has 0 fully saturated rings. The number of halogens is 2. The standard InChI is InChI=1S/C17H18ClFN2O3S/c1-12-16(18)4-3-5-17(12)21(13(2)22)11-10-20-25(23,24)15-8-6-14(19)7-9-15/h3-9,20H,10-11H2,1-2H3. The van der Waals surface area contributed by atoms with Gasteiger partial charge in [-0.1, -0.05) is 17.7 Å². The molecule has 134 valence electrons. The summed E-state index contributed by atoms with van der Waals surface area (Å²) in [5, 5.41) is 0.524. The van der Waals surface area contributed by atoms with Crippen molar-refractivity contribution in [2.75, 3.05) is 18.0 Å². The zero-order valence-electron chi connectivity index (χ0n) is 13.8. The van der Waals surface area contributed by atoms with Crippen molar-refractivity contribution in [1.82, 2.24) is 4.72 Å². The van der Waals surface area contributed by atoms with Crippen LogP contribution in [0.25, 0.3) is 0 Å². The zero-order valence-corrected chi connectivity index (χ0v) is 15.4. The summed E-state index contributed by atoms with van der Waals surface area (Å²) in [6, 6.07) is 9.71. The van der Waals surface area contributed by atoms with Gasteiger partial charge in [0.2, 0.25) is 15.9 Å². The van der Waals surface area contributed by atoms with Crippen molar-refractivity contribution >= 4 is 33.2 Å². The van der Waals surface area contributed by atoms with Crippen LogP contribution in [0, 0.1) is 12.7 Å². The molecular weight excluding hydrogens is 367 g/mol. The smallest absolute Gasteiger partial charge is 0.240 e. The Labute approximate surface area is 151 Å². The van der Waals surface area contributed by atoms with E-state index in [4.69, 9.17) is 11.6 Å². The van der Waals surface area contributed by atoms with E-state index in [1.807, 2.05) is 0 Å². The van der Waals surface area contributed by atoms with Gasteiger partial charge in [0, 0.05) is 30.7 Å². The normalized spacial score (nSPS) is 11.4. The predicted molar refractivity (Wildman–Crippen MR) is 95.8 cm³/mol. The number of amides is 1. The van der Waals surface area contributed by atoms with Gasteiger partial charge < -0.3 is 4.90 Å². The van der Waals surface area contributed by atoms with Gasteiger partial charge in [-0.15, -0.1) is 0 Å². The molecule has 0 radical (unpaired) electrons. The van der Waals surface area contributed by atoms with E-state index >= 15 is 0 Å². The van der Waals surface area contributed by atoms with Gasteiger partial charge in [0.25, 0.3) is 0 Å². The topological polar surface area (TPSA) is 66.5 Å². The molecule has 0 heterocycles. The first kappa shape index (κ1) is 19.4. The average Bonchev–Trinajstić information content (AvgIpc) is 2.55. The number of nitrogens with zero attached hydrogens (tertiary/aromatic N) is 1. The summed E-state index contributed by atoms with van der Waals surface area (Å²) in [5.41, 5.74) is 1.36. The second-order valence-corrected chi connectivity index (χ2v) is 7.58. The Balaban J connectivity index is 2.11. The van der Waals surface area contributed by atoms with Gasteiger partial charge in [0.15, 0.2) is 0 Å². The van der Waals surface area contributed by atoms with Crippen LogP contribution < -0.4 is 9.62 Å². The molecule has 0 aliphatic carbocycles. The summed E-state index contributed by atoms with van der Waals surface area (Å²) in [7, 11) is -3.78. The molecule has 0 aliphatic rings. The van der Waals surface area contributed by atoms with Crippen LogP contribution in [0.1, 0.15) is 12.5 Å². The lowest BCUT2D eigenvalue weighted by molar-refractivity contribution is -0.116. The molecule has 5 nitrogen and oxygen atoms in total. The molecule has 0 atom stereocenters. The monoisotopic (exact) mass is 384 g/mol. The van der Waals surface area contributed by atoms with Crippen molar-refractivity contribution in [3.8, 4) is 0 Å². The van der Waals surface area contributed by atoms with Gasteiger partial charge in [0.05, 0.1) is 4.90 Å². The van der Waals surface area contributed by atoms with E-state index in [0.717, 1.165) is 17.7 Å². The first-order valence-corrected chi connectivity index (χ1v) is 9.37. The van der Waals surface area contributed by atoms with Gasteiger partial charge in [-0.25, -0.2) is 17.5 Å². The van der Waals surface area contributed by atoms with Crippen LogP contribution in [0.5, 0.6) is 0 Å². The number of carbonyl (C=O) groups excluding carboxylic acids is 1. The van der Waals surface area contributed by atoms with Crippen LogP contribution in [-0.4, -0.2) is 27.4 Å². The van der Waals surface area contributed by atoms with E-state index in [1.165, 1.54) is 24.0 Å². The molecule has 0 saturated carbocycles. The molecule has 0 unspecified atom stereocenters. The SMILES string of the molecule is CC(=O)N(CCNS(=O)(=O)c1ccc(F)cc1)c1cccc(Cl)c1C. The van der Waals surface area contributed by atoms with E-state index in [9.17, 15) is 17.6 Å². The molecular formula is C17H18ClFN2O3S. The van der Waals surface area contributed by atoms with Crippen molar-refractivity contribution in [3.05, 3.63) is 58.9 Å². The third-order valence-corrected chi connectivity index (χ3v) is 5.55. The maximum Gasteiger partial charge on any atom is 0.240 e. The molecule has 25 heavy (non-hydrogen) atoms. The summed E-state index contributed by atoms with van der Waals surface area (Å²) in [4.78, 5) is 13.3. The first-order chi connectivity index (χ1) is 11.7. The number of sulfonamides is 1. The fourth-order valence-corrected chi connectivity index (χ4v) is 3.52. The Kier molecular flexibility index (Phi) is 6.16. The molecule has 1 N–H and O–H groups in total. The van der Waals surface area contributed by atoms with Gasteiger partial charge in [-0.2, -0.15) is 0 Å². The summed E-state index contributed by atoms with van der Waals surface area (Å²) in [6.07, 6.45) is 0. The first-order valence-electron chi connectivity index (χ1n) is 7.51. The van der Waals surface area contributed by atoms with Gasteiger partial charge in [-0.05, 0) is 48.9 Å². The fourth-order valence-electron chi connectivity index (χ4n) is 2.32. The zero-order chi connectivity index (χ0) is 18.6. The van der Waals surface area contributed by atoms with E-state index in [1.54, 1.807) is 25.1 Å². The fraction of sp³-hybridized carbons (Fsp3) is 0.235. The number of nitrogens with one attached hydrogen (secondary N) is 1. The van der Waals surface area contributed by atoms with Crippen LogP contribution in [0.15, 0.2) is 47.4 Å². The maximum atomic E-state index is 12.9. The highest BCUT2D eigenvalue weighted by Crippen LogP contribution is 2.26. The average molecular weight is 385 g/mol. The number of anilines is 1. The number of hydrogen-bond donors (Lipinski definition) is 1. The van der Waals surface area contributed by atoms with Crippen LogP contribution in [0.4, 0.5) is 10.1 Å². The third kappa shape index (κ3) is 4.78.